The molecule has 0 aromatic carbocycles. The molecule has 10 nitrogen and oxygen atoms in total. The van der Waals surface area contributed by atoms with Gasteiger partial charge in [0.2, 0.25) is 5.95 Å². The quantitative estimate of drug-likeness (QED) is 0.630. The number of aromatic nitrogens is 4. The maximum Gasteiger partial charge on any atom is 0.228 e. The first-order valence-electron chi connectivity index (χ1n) is 8.77. The van der Waals surface area contributed by atoms with Gasteiger partial charge in [0.05, 0.1) is 17.5 Å². The fourth-order valence-electron chi connectivity index (χ4n) is 3.00. The number of fused-ring (bicyclic) bond motifs is 1. The number of nitrogens with zero attached hydrogens (tertiary/aromatic N) is 6. The van der Waals surface area contributed by atoms with Gasteiger partial charge in [0, 0.05) is 17.8 Å². The normalized spacial score (nSPS) is 20.4. The van der Waals surface area contributed by atoms with Crippen LogP contribution in [0.25, 0.3) is 10.9 Å². The van der Waals surface area contributed by atoms with Gasteiger partial charge in [0.1, 0.15) is 34.4 Å². The number of anilines is 2. The van der Waals surface area contributed by atoms with Crippen LogP contribution >= 0.6 is 0 Å². The summed E-state index contributed by atoms with van der Waals surface area (Å²) >= 11 is 0. The van der Waals surface area contributed by atoms with Gasteiger partial charge in [0.15, 0.2) is 21.5 Å². The van der Waals surface area contributed by atoms with Gasteiger partial charge in [-0.1, -0.05) is 0 Å². The molecule has 2 unspecified atom stereocenters. The zero-order valence-corrected chi connectivity index (χ0v) is 16.4. The van der Waals surface area contributed by atoms with Crippen molar-refractivity contribution in [2.75, 3.05) is 11.1 Å². The summed E-state index contributed by atoms with van der Waals surface area (Å²) in [5.41, 5.74) is 6.39. The summed E-state index contributed by atoms with van der Waals surface area (Å²) in [5.74, 6) is -1.01. The topological polar surface area (TPSA) is 160 Å². The molecule has 0 spiro atoms. The zero-order valence-electron chi connectivity index (χ0n) is 15.6. The van der Waals surface area contributed by atoms with Crippen LogP contribution in [0.3, 0.4) is 0 Å². The van der Waals surface area contributed by atoms with Gasteiger partial charge in [-0.3, -0.25) is 9.98 Å². The molecule has 1 aliphatic heterocycles. The fourth-order valence-corrected chi connectivity index (χ4v) is 4.39. The Labute approximate surface area is 170 Å². The minimum Gasteiger partial charge on any atom is -0.386 e. The highest BCUT2D eigenvalue weighted by atomic mass is 32.2. The van der Waals surface area contributed by atoms with Crippen LogP contribution in [0.4, 0.5) is 16.2 Å². The number of nitrogens with one attached hydrogen (secondary N) is 1. The second-order valence-electron chi connectivity index (χ2n) is 6.66. The van der Waals surface area contributed by atoms with E-state index < -0.39 is 32.7 Å². The predicted molar refractivity (Wildman–Crippen MR) is 107 cm³/mol. The Morgan fingerprint density at radius 2 is 2.10 bits per heavy atom. The first kappa shape index (κ1) is 19.6. The summed E-state index contributed by atoms with van der Waals surface area (Å²) in [6, 6.07) is 4.27. The summed E-state index contributed by atoms with van der Waals surface area (Å²) < 4.78 is 38.9. The third kappa shape index (κ3) is 3.50. The van der Waals surface area contributed by atoms with Gasteiger partial charge in [-0.15, -0.1) is 0 Å². The maximum absolute atomic E-state index is 14.4. The van der Waals surface area contributed by atoms with E-state index in [2.05, 4.69) is 30.2 Å². The average molecular weight is 426 g/mol. The molecule has 3 aromatic heterocycles. The first-order chi connectivity index (χ1) is 14.3. The highest BCUT2D eigenvalue weighted by Gasteiger charge is 2.35. The first-order valence-corrected chi connectivity index (χ1v) is 10.5. The van der Waals surface area contributed by atoms with Crippen molar-refractivity contribution >= 4 is 38.3 Å². The van der Waals surface area contributed by atoms with Crippen LogP contribution < -0.4 is 11.1 Å². The number of sulfone groups is 1. The molecule has 152 valence electrons. The largest absolute Gasteiger partial charge is 0.386 e. The van der Waals surface area contributed by atoms with Crippen LogP contribution in [0.15, 0.2) is 35.7 Å². The van der Waals surface area contributed by atoms with E-state index in [4.69, 9.17) is 11.0 Å². The lowest BCUT2D eigenvalue weighted by molar-refractivity contribution is 0.555. The lowest BCUT2D eigenvalue weighted by Crippen LogP contribution is -2.41. The summed E-state index contributed by atoms with van der Waals surface area (Å²) in [7, 11) is -3.58. The lowest BCUT2D eigenvalue weighted by atomic mass is 10.2. The standard InChI is InChI=1S/C18H15FN8O2S/c1-9-16(21)25-13(8-30(9,28)29)15-12(19)7-24-18(26-15)27-17-14-11(2-3-22-17)4-10(5-20)6-23-14/h2-4,6-7,9,13H,8H2,1H3,(H2,21,25)(H,22,24,26,27). The Morgan fingerprint density at radius 3 is 2.83 bits per heavy atom. The Hall–Kier alpha value is -3.72. The van der Waals surface area contributed by atoms with Gasteiger partial charge in [-0.2, -0.15) is 5.26 Å². The second-order valence-corrected chi connectivity index (χ2v) is 9.03. The van der Waals surface area contributed by atoms with Crippen molar-refractivity contribution in [1.29, 1.82) is 5.26 Å². The molecule has 3 N–H and O–H groups in total. The number of hydrogen-bond acceptors (Lipinski definition) is 10. The van der Waals surface area contributed by atoms with Gasteiger partial charge < -0.3 is 11.1 Å². The van der Waals surface area contributed by atoms with E-state index in [1.807, 2.05) is 6.07 Å². The number of aliphatic imine (C=N–C) groups is 1. The number of nitrogens with two attached hydrogens (primary N) is 1. The molecule has 0 bridgehead atoms. The third-order valence-electron chi connectivity index (χ3n) is 4.70. The third-order valence-corrected chi connectivity index (χ3v) is 6.79. The van der Waals surface area contributed by atoms with Gasteiger partial charge in [0.25, 0.3) is 0 Å². The van der Waals surface area contributed by atoms with E-state index in [0.717, 1.165) is 6.20 Å². The van der Waals surface area contributed by atoms with E-state index in [9.17, 15) is 12.8 Å². The SMILES string of the molecule is CC1C(N)=NC(c2nc(Nc3nccc4cc(C#N)cnc34)ncc2F)CS1(=O)=O. The van der Waals surface area contributed by atoms with Gasteiger partial charge >= 0.3 is 0 Å². The minimum absolute atomic E-state index is 0.0117. The van der Waals surface area contributed by atoms with Crippen molar-refractivity contribution in [3.05, 3.63) is 47.8 Å². The number of rotatable bonds is 3. The number of amidine groups is 1. The van der Waals surface area contributed by atoms with Crippen molar-refractivity contribution in [2.24, 2.45) is 10.7 Å². The van der Waals surface area contributed by atoms with Crippen molar-refractivity contribution in [3.63, 3.8) is 0 Å². The number of nitriles is 1. The summed E-state index contributed by atoms with van der Waals surface area (Å²) in [6.07, 6.45) is 3.84. The van der Waals surface area contributed by atoms with Crippen molar-refractivity contribution < 1.29 is 12.8 Å². The van der Waals surface area contributed by atoms with Crippen LogP contribution in [0.2, 0.25) is 0 Å². The summed E-state index contributed by atoms with van der Waals surface area (Å²) in [4.78, 5) is 20.5. The molecule has 12 heteroatoms. The molecular weight excluding hydrogens is 411 g/mol. The Kier molecular flexibility index (Phi) is 4.75. The molecule has 0 fully saturated rings. The Balaban J connectivity index is 1.72. The van der Waals surface area contributed by atoms with Gasteiger partial charge in [-0.25, -0.2) is 27.8 Å². The van der Waals surface area contributed by atoms with E-state index in [1.165, 1.54) is 19.3 Å². The van der Waals surface area contributed by atoms with Crippen molar-refractivity contribution in [2.45, 2.75) is 18.2 Å². The molecule has 0 saturated heterocycles. The maximum atomic E-state index is 14.4. The predicted octanol–water partition coefficient (Wildman–Crippen LogP) is 1.39. The number of halogens is 1. The average Bonchev–Trinajstić information content (AvgIpc) is 2.72. The highest BCUT2D eigenvalue weighted by Crippen LogP contribution is 2.28. The molecule has 3 aromatic rings. The van der Waals surface area contributed by atoms with Crippen molar-refractivity contribution in [3.8, 4) is 6.07 Å². The van der Waals surface area contributed by atoms with Crippen molar-refractivity contribution in [1.82, 2.24) is 19.9 Å². The lowest BCUT2D eigenvalue weighted by Gasteiger charge is -2.23. The van der Waals surface area contributed by atoms with Gasteiger partial charge in [-0.05, 0) is 19.1 Å². The van der Waals surface area contributed by atoms with Crippen LogP contribution in [-0.2, 0) is 9.84 Å². The smallest absolute Gasteiger partial charge is 0.228 e. The molecule has 0 radical (unpaired) electrons. The molecule has 2 atom stereocenters. The second kappa shape index (κ2) is 7.27. The van der Waals surface area contributed by atoms with E-state index >= 15 is 0 Å². The Morgan fingerprint density at radius 1 is 1.30 bits per heavy atom. The summed E-state index contributed by atoms with van der Waals surface area (Å²) in [6.45, 7) is 1.44. The summed E-state index contributed by atoms with van der Waals surface area (Å²) in [5, 5.41) is 11.6. The van der Waals surface area contributed by atoms with E-state index in [-0.39, 0.29) is 17.5 Å². The monoisotopic (exact) mass is 426 g/mol. The molecule has 1 aliphatic rings. The highest BCUT2D eigenvalue weighted by molar-refractivity contribution is 7.92. The van der Waals surface area contributed by atoms with Crippen LogP contribution in [-0.4, -0.2) is 45.2 Å². The Bertz CT molecular complexity index is 1340. The van der Waals surface area contributed by atoms with E-state index in [0.29, 0.717) is 22.3 Å². The number of hydrogen-bond donors (Lipinski definition) is 2. The molecule has 30 heavy (non-hydrogen) atoms. The van der Waals surface area contributed by atoms with Crippen LogP contribution in [0.5, 0.6) is 0 Å². The van der Waals surface area contributed by atoms with Crippen LogP contribution in [0, 0.1) is 17.1 Å². The van der Waals surface area contributed by atoms with Crippen LogP contribution in [0.1, 0.15) is 24.2 Å². The molecule has 0 amide bonds. The molecular formula is C18H15FN8O2S. The molecule has 0 saturated carbocycles. The fraction of sp³-hybridized carbons (Fsp3) is 0.222. The molecule has 4 heterocycles. The minimum atomic E-state index is -3.58. The number of pyridine rings is 2. The molecule has 4 rings (SSSR count). The van der Waals surface area contributed by atoms with E-state index in [1.54, 1.807) is 12.1 Å². The zero-order chi connectivity index (χ0) is 21.5. The molecule has 0 aliphatic carbocycles.